The van der Waals surface area contributed by atoms with Crippen molar-refractivity contribution >= 4 is 62.1 Å². The van der Waals surface area contributed by atoms with E-state index in [9.17, 15) is 9.18 Å². The molecule has 1 aliphatic rings. The van der Waals surface area contributed by atoms with Gasteiger partial charge in [-0.2, -0.15) is 0 Å². The van der Waals surface area contributed by atoms with E-state index in [0.29, 0.717) is 27.4 Å². The van der Waals surface area contributed by atoms with Gasteiger partial charge in [-0.15, -0.1) is 21.5 Å². The first kappa shape index (κ1) is 20.3. The van der Waals surface area contributed by atoms with Crippen LogP contribution in [0.2, 0.25) is 0 Å². The number of aromatic nitrogens is 4. The highest BCUT2D eigenvalue weighted by Gasteiger charge is 2.20. The van der Waals surface area contributed by atoms with E-state index < -0.39 is 0 Å². The van der Waals surface area contributed by atoms with Crippen molar-refractivity contribution < 1.29 is 9.18 Å². The van der Waals surface area contributed by atoms with Crippen LogP contribution in [0, 0.1) is 5.82 Å². The van der Waals surface area contributed by atoms with Crippen molar-refractivity contribution in [1.82, 2.24) is 20.2 Å². The number of thiophene rings is 1. The summed E-state index contributed by atoms with van der Waals surface area (Å²) in [6.07, 6.45) is 4.53. The van der Waals surface area contributed by atoms with Crippen molar-refractivity contribution in [2.24, 2.45) is 0 Å². The van der Waals surface area contributed by atoms with E-state index in [1.54, 1.807) is 11.3 Å². The molecular weight excluding hydrogens is 455 g/mol. The SMILES string of the molecule is Nc1nc(SCc2nnc(C(=O)Nc3ccc(F)cc3)s2)nc2sc3c(c12)CCCC3. The molecule has 0 unspecified atom stereocenters. The second kappa shape index (κ2) is 8.48. The zero-order valence-corrected chi connectivity index (χ0v) is 18.7. The number of aryl methyl sites for hydroxylation is 2. The summed E-state index contributed by atoms with van der Waals surface area (Å²) in [6, 6.07) is 5.55. The molecule has 0 saturated carbocycles. The van der Waals surface area contributed by atoms with Crippen molar-refractivity contribution in [3.63, 3.8) is 0 Å². The van der Waals surface area contributed by atoms with E-state index in [4.69, 9.17) is 10.7 Å². The number of nitrogens with one attached hydrogen (secondary N) is 1. The Bertz CT molecular complexity index is 1270. The van der Waals surface area contributed by atoms with Gasteiger partial charge < -0.3 is 11.1 Å². The van der Waals surface area contributed by atoms with Crippen LogP contribution in [0.5, 0.6) is 0 Å². The van der Waals surface area contributed by atoms with Crippen LogP contribution >= 0.6 is 34.4 Å². The second-order valence-electron chi connectivity index (χ2n) is 7.03. The standard InChI is InChI=1S/C20H17FN6OS3/c21-10-5-7-11(8-6-10)23-17(28)19-27-26-14(31-19)9-29-20-24-16(22)15-12-3-1-2-4-13(12)30-18(15)25-20/h5-8H,1-4,9H2,(H,23,28)(H2,22,24,25). The highest BCUT2D eigenvalue weighted by molar-refractivity contribution is 7.98. The number of anilines is 2. The Morgan fingerprint density at radius 3 is 2.77 bits per heavy atom. The zero-order valence-electron chi connectivity index (χ0n) is 16.2. The predicted molar refractivity (Wildman–Crippen MR) is 122 cm³/mol. The van der Waals surface area contributed by atoms with Gasteiger partial charge in [-0.25, -0.2) is 14.4 Å². The summed E-state index contributed by atoms with van der Waals surface area (Å²) in [6.45, 7) is 0. The van der Waals surface area contributed by atoms with Crippen molar-refractivity contribution in [3.05, 3.63) is 50.5 Å². The molecule has 11 heteroatoms. The number of fused-ring (bicyclic) bond motifs is 3. The number of nitrogens with two attached hydrogens (primary N) is 1. The summed E-state index contributed by atoms with van der Waals surface area (Å²) in [5.41, 5.74) is 8.08. The third-order valence-corrected chi connectivity index (χ3v) is 8.06. The molecule has 1 aliphatic carbocycles. The molecule has 158 valence electrons. The Balaban J connectivity index is 1.27. The largest absolute Gasteiger partial charge is 0.383 e. The lowest BCUT2D eigenvalue weighted by atomic mass is 9.97. The van der Waals surface area contributed by atoms with Gasteiger partial charge in [0.05, 0.1) is 11.1 Å². The number of carbonyl (C=O) groups is 1. The topological polar surface area (TPSA) is 107 Å². The Morgan fingerprint density at radius 1 is 1.13 bits per heavy atom. The minimum absolute atomic E-state index is 0.238. The van der Waals surface area contributed by atoms with Crippen LogP contribution in [0.4, 0.5) is 15.9 Å². The number of hydrogen-bond acceptors (Lipinski definition) is 9. The smallest absolute Gasteiger partial charge is 0.286 e. The number of nitrogens with zero attached hydrogens (tertiary/aromatic N) is 4. The van der Waals surface area contributed by atoms with Gasteiger partial charge in [0.25, 0.3) is 5.91 Å². The molecule has 0 radical (unpaired) electrons. The van der Waals surface area contributed by atoms with E-state index in [0.717, 1.165) is 23.1 Å². The fraction of sp³-hybridized carbons (Fsp3) is 0.250. The molecule has 0 saturated heterocycles. The Hall–Kier alpha value is -2.63. The number of amides is 1. The third kappa shape index (κ3) is 4.25. The van der Waals surface area contributed by atoms with Crippen LogP contribution in [0.25, 0.3) is 10.2 Å². The summed E-state index contributed by atoms with van der Waals surface area (Å²) >= 11 is 4.33. The van der Waals surface area contributed by atoms with Crippen LogP contribution in [-0.2, 0) is 18.6 Å². The summed E-state index contributed by atoms with van der Waals surface area (Å²) in [7, 11) is 0. The maximum atomic E-state index is 13.0. The van der Waals surface area contributed by atoms with E-state index in [2.05, 4.69) is 20.5 Å². The number of hydrogen-bond donors (Lipinski definition) is 2. The molecule has 0 spiro atoms. The molecule has 0 atom stereocenters. The van der Waals surface area contributed by atoms with Crippen LogP contribution in [-0.4, -0.2) is 26.1 Å². The molecule has 3 heterocycles. The molecule has 31 heavy (non-hydrogen) atoms. The van der Waals surface area contributed by atoms with Crippen LogP contribution in [0.15, 0.2) is 29.4 Å². The summed E-state index contributed by atoms with van der Waals surface area (Å²) in [4.78, 5) is 23.8. The minimum atomic E-state index is -0.383. The molecule has 1 aromatic carbocycles. The molecule has 3 aromatic heterocycles. The monoisotopic (exact) mass is 472 g/mol. The fourth-order valence-corrected chi connectivity index (χ4v) is 6.38. The van der Waals surface area contributed by atoms with Gasteiger partial charge in [0.1, 0.15) is 21.5 Å². The lowest BCUT2D eigenvalue weighted by Gasteiger charge is -2.10. The fourth-order valence-electron chi connectivity index (χ4n) is 3.48. The lowest BCUT2D eigenvalue weighted by Crippen LogP contribution is -2.11. The average Bonchev–Trinajstić information content (AvgIpc) is 3.38. The molecular formula is C20H17FN6OS3. The minimum Gasteiger partial charge on any atom is -0.383 e. The normalized spacial score (nSPS) is 13.3. The average molecular weight is 473 g/mol. The third-order valence-electron chi connectivity index (χ3n) is 4.91. The van der Waals surface area contributed by atoms with Crippen LogP contribution in [0.1, 0.15) is 38.1 Å². The lowest BCUT2D eigenvalue weighted by molar-refractivity contribution is 0.102. The first-order valence-corrected chi connectivity index (χ1v) is 12.3. The first-order chi connectivity index (χ1) is 15.1. The molecule has 1 amide bonds. The maximum Gasteiger partial charge on any atom is 0.286 e. The molecule has 4 aromatic rings. The molecule has 3 N–H and O–H groups in total. The van der Waals surface area contributed by atoms with Crippen LogP contribution in [0.3, 0.4) is 0 Å². The number of thioether (sulfide) groups is 1. The zero-order chi connectivity index (χ0) is 21.4. The summed E-state index contributed by atoms with van der Waals surface area (Å²) in [5.74, 6) is 0.268. The van der Waals surface area contributed by atoms with Gasteiger partial charge in [-0.05, 0) is 55.5 Å². The van der Waals surface area contributed by atoms with E-state index in [-0.39, 0.29) is 16.7 Å². The number of benzene rings is 1. The van der Waals surface area contributed by atoms with Crippen molar-refractivity contribution in [3.8, 4) is 0 Å². The summed E-state index contributed by atoms with van der Waals surface area (Å²) in [5, 5.41) is 13.3. The number of rotatable bonds is 5. The highest BCUT2D eigenvalue weighted by Crippen LogP contribution is 2.38. The predicted octanol–water partition coefficient (Wildman–Crippen LogP) is 4.69. The number of nitrogen functional groups attached to an aromatic ring is 1. The van der Waals surface area contributed by atoms with Crippen molar-refractivity contribution in [2.75, 3.05) is 11.1 Å². The van der Waals surface area contributed by atoms with Crippen LogP contribution < -0.4 is 11.1 Å². The molecule has 5 rings (SSSR count). The molecule has 0 bridgehead atoms. The van der Waals surface area contributed by atoms with Gasteiger partial charge in [0.15, 0.2) is 5.16 Å². The van der Waals surface area contributed by atoms with E-state index in [1.165, 1.54) is 70.6 Å². The van der Waals surface area contributed by atoms with Gasteiger partial charge in [-0.3, -0.25) is 4.79 Å². The van der Waals surface area contributed by atoms with Gasteiger partial charge >= 0.3 is 0 Å². The second-order valence-corrected chi connectivity index (χ2v) is 10.1. The number of carbonyl (C=O) groups excluding carboxylic acids is 1. The maximum absolute atomic E-state index is 13.0. The Labute approximate surface area is 189 Å². The Kier molecular flexibility index (Phi) is 5.55. The summed E-state index contributed by atoms with van der Waals surface area (Å²) < 4.78 is 13.0. The van der Waals surface area contributed by atoms with Crippen molar-refractivity contribution in [1.29, 1.82) is 0 Å². The Morgan fingerprint density at radius 2 is 1.94 bits per heavy atom. The molecule has 0 aliphatic heterocycles. The number of halogens is 1. The van der Waals surface area contributed by atoms with Crippen molar-refractivity contribution in [2.45, 2.75) is 36.6 Å². The quantitative estimate of drug-likeness (QED) is 0.321. The first-order valence-electron chi connectivity index (χ1n) is 9.66. The van der Waals surface area contributed by atoms with Gasteiger partial charge in [-0.1, -0.05) is 23.1 Å². The van der Waals surface area contributed by atoms with E-state index >= 15 is 0 Å². The molecule has 7 nitrogen and oxygen atoms in total. The van der Waals surface area contributed by atoms with Gasteiger partial charge in [0, 0.05) is 10.6 Å². The van der Waals surface area contributed by atoms with Gasteiger partial charge in [0.2, 0.25) is 5.01 Å². The highest BCUT2D eigenvalue weighted by atomic mass is 32.2. The van der Waals surface area contributed by atoms with E-state index in [1.807, 2.05) is 0 Å². The molecule has 0 fully saturated rings.